The highest BCUT2D eigenvalue weighted by Gasteiger charge is 2.23. The average molecular weight is 270 g/mol. The third kappa shape index (κ3) is 2.75. The molecule has 100 valence electrons. The molecule has 1 saturated carbocycles. The molecule has 1 fully saturated rings. The van der Waals surface area contributed by atoms with E-state index in [4.69, 9.17) is 11.6 Å². The van der Waals surface area contributed by atoms with E-state index in [1.165, 1.54) is 0 Å². The van der Waals surface area contributed by atoms with Gasteiger partial charge in [-0.3, -0.25) is 14.4 Å². The van der Waals surface area contributed by atoms with E-state index < -0.39 is 0 Å². The predicted molar refractivity (Wildman–Crippen MR) is 71.7 cm³/mol. The van der Waals surface area contributed by atoms with E-state index in [1.54, 1.807) is 0 Å². The summed E-state index contributed by atoms with van der Waals surface area (Å²) < 4.78 is 1.85. The van der Waals surface area contributed by atoms with Gasteiger partial charge in [0, 0.05) is 32.5 Å². The highest BCUT2D eigenvalue weighted by atomic mass is 35.5. The number of carbonyl (C=O) groups is 1. The number of Topliss-reactive ketones (excluding diaryl/α,β-unsaturated/α-hetero) is 1. The lowest BCUT2D eigenvalue weighted by Crippen LogP contribution is -2.35. The normalized spacial score (nSPS) is 17.7. The van der Waals surface area contributed by atoms with Crippen molar-refractivity contribution in [3.8, 4) is 0 Å². The fraction of sp³-hybridized carbons (Fsp3) is 0.692. The summed E-state index contributed by atoms with van der Waals surface area (Å²) in [7, 11) is 4.02. The first-order chi connectivity index (χ1) is 8.49. The number of nitrogens with zero attached hydrogens (tertiary/aromatic N) is 3. The van der Waals surface area contributed by atoms with Gasteiger partial charge in [0.15, 0.2) is 0 Å². The molecule has 5 heteroatoms. The summed E-state index contributed by atoms with van der Waals surface area (Å²) in [6.07, 6.45) is 3.36. The molecule has 0 spiro atoms. The smallest absolute Gasteiger partial charge is 0.133 e. The lowest BCUT2D eigenvalue weighted by molar-refractivity contribution is -0.121. The van der Waals surface area contributed by atoms with Gasteiger partial charge in [-0.2, -0.15) is 5.10 Å². The molecule has 1 aromatic heterocycles. The zero-order chi connectivity index (χ0) is 13.3. The van der Waals surface area contributed by atoms with Crippen LogP contribution in [0.1, 0.15) is 37.1 Å². The van der Waals surface area contributed by atoms with Crippen LogP contribution in [0.3, 0.4) is 0 Å². The molecular formula is C13H20ClN3O. The van der Waals surface area contributed by atoms with Gasteiger partial charge in [0.05, 0.1) is 16.4 Å². The quantitative estimate of drug-likeness (QED) is 0.845. The fourth-order valence-corrected chi connectivity index (χ4v) is 2.80. The third-order valence-corrected chi connectivity index (χ3v) is 4.29. The molecule has 1 aliphatic carbocycles. The van der Waals surface area contributed by atoms with Crippen molar-refractivity contribution < 1.29 is 4.79 Å². The van der Waals surface area contributed by atoms with E-state index in [9.17, 15) is 4.79 Å². The van der Waals surface area contributed by atoms with Crippen molar-refractivity contribution in [3.63, 3.8) is 0 Å². The average Bonchev–Trinajstić information content (AvgIpc) is 2.57. The zero-order valence-corrected chi connectivity index (χ0v) is 12.0. The highest BCUT2D eigenvalue weighted by Crippen LogP contribution is 2.24. The molecule has 0 saturated heterocycles. The fourth-order valence-electron chi connectivity index (χ4n) is 2.58. The first kappa shape index (κ1) is 13.6. The maximum absolute atomic E-state index is 11.2. The molecule has 1 heterocycles. The Bertz CT molecular complexity index is 445. The summed E-state index contributed by atoms with van der Waals surface area (Å²) in [5, 5.41) is 5.09. The van der Waals surface area contributed by atoms with Crippen molar-refractivity contribution in [2.45, 2.75) is 45.2 Å². The predicted octanol–water partition coefficient (Wildman–Crippen LogP) is 2.33. The molecule has 0 radical (unpaired) electrons. The van der Waals surface area contributed by atoms with Crippen LogP contribution in [0.2, 0.25) is 5.02 Å². The molecule has 0 amide bonds. The van der Waals surface area contributed by atoms with E-state index in [0.717, 1.165) is 35.8 Å². The van der Waals surface area contributed by atoms with Crippen LogP contribution in [0.25, 0.3) is 0 Å². The monoisotopic (exact) mass is 269 g/mol. The van der Waals surface area contributed by atoms with E-state index in [0.29, 0.717) is 24.7 Å². The molecule has 1 aromatic rings. The second kappa shape index (κ2) is 5.41. The summed E-state index contributed by atoms with van der Waals surface area (Å²) in [5.41, 5.74) is 1.93. The Morgan fingerprint density at radius 2 is 2.06 bits per heavy atom. The van der Waals surface area contributed by atoms with Crippen molar-refractivity contribution in [1.29, 1.82) is 0 Å². The lowest BCUT2D eigenvalue weighted by atomic mass is 9.93. The number of aromatic nitrogens is 2. The number of hydrogen-bond acceptors (Lipinski definition) is 3. The molecule has 0 bridgehead atoms. The van der Waals surface area contributed by atoms with Gasteiger partial charge in [0.1, 0.15) is 5.78 Å². The van der Waals surface area contributed by atoms with Crippen LogP contribution in [0.4, 0.5) is 0 Å². The van der Waals surface area contributed by atoms with Gasteiger partial charge in [-0.15, -0.1) is 0 Å². The van der Waals surface area contributed by atoms with E-state index >= 15 is 0 Å². The molecule has 0 atom stereocenters. The number of ketones is 1. The largest absolute Gasteiger partial charge is 0.300 e. The van der Waals surface area contributed by atoms with Gasteiger partial charge >= 0.3 is 0 Å². The van der Waals surface area contributed by atoms with Crippen LogP contribution in [0.5, 0.6) is 0 Å². The second-order valence-electron chi connectivity index (χ2n) is 5.15. The van der Waals surface area contributed by atoms with Gasteiger partial charge in [0.2, 0.25) is 0 Å². The number of halogens is 1. The van der Waals surface area contributed by atoms with Gasteiger partial charge < -0.3 is 0 Å². The zero-order valence-electron chi connectivity index (χ0n) is 11.2. The van der Waals surface area contributed by atoms with Crippen LogP contribution in [0.15, 0.2) is 0 Å². The first-order valence-corrected chi connectivity index (χ1v) is 6.76. The maximum atomic E-state index is 11.2. The van der Waals surface area contributed by atoms with Crippen LogP contribution < -0.4 is 0 Å². The molecule has 0 N–H and O–H groups in total. The minimum atomic E-state index is 0.397. The van der Waals surface area contributed by atoms with Gasteiger partial charge in [-0.05, 0) is 26.8 Å². The standard InChI is InChI=1S/C13H20ClN3O/c1-9-13(14)12(17(3)15-9)8-16(2)10-4-6-11(18)7-5-10/h10H,4-8H2,1-3H3. The minimum absolute atomic E-state index is 0.397. The van der Waals surface area contributed by atoms with E-state index in [-0.39, 0.29) is 0 Å². The van der Waals surface area contributed by atoms with Crippen molar-refractivity contribution in [1.82, 2.24) is 14.7 Å². The number of hydrogen-bond donors (Lipinski definition) is 0. The van der Waals surface area contributed by atoms with Crippen molar-refractivity contribution in [3.05, 3.63) is 16.4 Å². The summed E-state index contributed by atoms with van der Waals surface area (Å²) in [5.74, 6) is 0.397. The van der Waals surface area contributed by atoms with Crippen LogP contribution >= 0.6 is 11.6 Å². The minimum Gasteiger partial charge on any atom is -0.300 e. The van der Waals surface area contributed by atoms with Crippen molar-refractivity contribution >= 4 is 17.4 Å². The van der Waals surface area contributed by atoms with Crippen molar-refractivity contribution in [2.75, 3.05) is 7.05 Å². The first-order valence-electron chi connectivity index (χ1n) is 6.39. The Morgan fingerprint density at radius 1 is 1.44 bits per heavy atom. The number of rotatable bonds is 3. The molecule has 18 heavy (non-hydrogen) atoms. The number of carbonyl (C=O) groups excluding carboxylic acids is 1. The van der Waals surface area contributed by atoms with Gasteiger partial charge in [-0.25, -0.2) is 0 Å². The Hall–Kier alpha value is -0.870. The van der Waals surface area contributed by atoms with Crippen LogP contribution in [-0.2, 0) is 18.4 Å². The SMILES string of the molecule is Cc1nn(C)c(CN(C)C2CCC(=O)CC2)c1Cl. The van der Waals surface area contributed by atoms with E-state index in [2.05, 4.69) is 17.0 Å². The number of aryl methyl sites for hydroxylation is 2. The Morgan fingerprint density at radius 3 is 2.56 bits per heavy atom. The Labute approximate surface area is 113 Å². The van der Waals surface area contributed by atoms with Crippen molar-refractivity contribution in [2.24, 2.45) is 7.05 Å². The molecular weight excluding hydrogens is 250 g/mol. The lowest BCUT2D eigenvalue weighted by Gasteiger charge is -2.30. The molecule has 4 nitrogen and oxygen atoms in total. The Kier molecular flexibility index (Phi) is 4.07. The van der Waals surface area contributed by atoms with Crippen LogP contribution in [0, 0.1) is 6.92 Å². The summed E-state index contributed by atoms with van der Waals surface area (Å²) >= 11 is 6.26. The molecule has 0 aliphatic heterocycles. The summed E-state index contributed by atoms with van der Waals surface area (Å²) in [4.78, 5) is 13.5. The molecule has 2 rings (SSSR count). The maximum Gasteiger partial charge on any atom is 0.133 e. The topological polar surface area (TPSA) is 38.1 Å². The van der Waals surface area contributed by atoms with Gasteiger partial charge in [0.25, 0.3) is 0 Å². The molecule has 0 unspecified atom stereocenters. The summed E-state index contributed by atoms with van der Waals surface area (Å²) in [6, 6.07) is 0.481. The second-order valence-corrected chi connectivity index (χ2v) is 5.53. The molecule has 1 aliphatic rings. The summed E-state index contributed by atoms with van der Waals surface area (Å²) in [6.45, 7) is 2.71. The third-order valence-electron chi connectivity index (χ3n) is 3.80. The molecule has 0 aromatic carbocycles. The van der Waals surface area contributed by atoms with Crippen LogP contribution in [-0.4, -0.2) is 33.6 Å². The Balaban J connectivity index is 2.02. The highest BCUT2D eigenvalue weighted by molar-refractivity contribution is 6.31. The van der Waals surface area contributed by atoms with E-state index in [1.807, 2.05) is 18.7 Å². The van der Waals surface area contributed by atoms with Gasteiger partial charge in [-0.1, -0.05) is 11.6 Å².